The lowest BCUT2D eigenvalue weighted by molar-refractivity contribution is 0.593. The Morgan fingerprint density at radius 2 is 1.89 bits per heavy atom. The quantitative estimate of drug-likeness (QED) is 0.852. The third-order valence-electron chi connectivity index (χ3n) is 2.87. The minimum absolute atomic E-state index is 0.106. The van der Waals surface area contributed by atoms with E-state index >= 15 is 0 Å². The standard InChI is InChI=1S/C13H16N2O2S2/c1-3-15(19(16,17)4-2)12-7-5-11(6-8-12)13-9-18-10-14-13/h5-10H,3-4H2,1-2H3. The second-order valence-electron chi connectivity index (χ2n) is 3.99. The fourth-order valence-corrected chi connectivity index (χ4v) is 3.56. The van der Waals surface area contributed by atoms with Gasteiger partial charge in [-0.2, -0.15) is 0 Å². The van der Waals surface area contributed by atoms with E-state index in [-0.39, 0.29) is 5.75 Å². The highest BCUT2D eigenvalue weighted by molar-refractivity contribution is 7.92. The van der Waals surface area contributed by atoms with Crippen LogP contribution in [0.3, 0.4) is 0 Å². The molecule has 0 saturated carbocycles. The first-order valence-corrected chi connectivity index (χ1v) is 8.62. The molecule has 0 amide bonds. The van der Waals surface area contributed by atoms with Gasteiger partial charge >= 0.3 is 0 Å². The molecule has 0 aliphatic carbocycles. The number of aromatic nitrogens is 1. The molecule has 6 heteroatoms. The molecule has 4 nitrogen and oxygen atoms in total. The van der Waals surface area contributed by atoms with Gasteiger partial charge in [0.15, 0.2) is 0 Å². The van der Waals surface area contributed by atoms with Crippen molar-refractivity contribution in [2.45, 2.75) is 13.8 Å². The number of hydrogen-bond acceptors (Lipinski definition) is 4. The average molecular weight is 296 g/mol. The highest BCUT2D eigenvalue weighted by Crippen LogP contribution is 2.24. The number of rotatable bonds is 5. The van der Waals surface area contributed by atoms with Crippen molar-refractivity contribution in [3.05, 3.63) is 35.2 Å². The molecule has 1 heterocycles. The summed E-state index contributed by atoms with van der Waals surface area (Å²) in [4.78, 5) is 4.23. The van der Waals surface area contributed by atoms with Crippen LogP contribution in [-0.2, 0) is 10.0 Å². The summed E-state index contributed by atoms with van der Waals surface area (Å²) in [5.74, 6) is 0.106. The molecule has 0 radical (unpaired) electrons. The largest absolute Gasteiger partial charge is 0.271 e. The summed E-state index contributed by atoms with van der Waals surface area (Å²) < 4.78 is 25.3. The third kappa shape index (κ3) is 2.96. The summed E-state index contributed by atoms with van der Waals surface area (Å²) in [5, 5.41) is 1.97. The average Bonchev–Trinajstić information content (AvgIpc) is 2.94. The molecule has 19 heavy (non-hydrogen) atoms. The van der Waals surface area contributed by atoms with Crippen LogP contribution in [0.25, 0.3) is 11.3 Å². The van der Waals surface area contributed by atoms with Crippen LogP contribution < -0.4 is 4.31 Å². The van der Waals surface area contributed by atoms with Crippen LogP contribution in [0.1, 0.15) is 13.8 Å². The van der Waals surface area contributed by atoms with Crippen molar-refractivity contribution >= 4 is 27.0 Å². The summed E-state index contributed by atoms with van der Waals surface area (Å²) in [7, 11) is -3.21. The normalized spacial score (nSPS) is 11.5. The predicted molar refractivity (Wildman–Crippen MR) is 80.0 cm³/mol. The molecule has 0 unspecified atom stereocenters. The zero-order valence-corrected chi connectivity index (χ0v) is 12.5. The Balaban J connectivity index is 2.32. The molecule has 2 rings (SSSR count). The van der Waals surface area contributed by atoms with Gasteiger partial charge in [-0.25, -0.2) is 13.4 Å². The molecule has 1 aromatic heterocycles. The molecule has 0 N–H and O–H groups in total. The van der Waals surface area contributed by atoms with Crippen molar-refractivity contribution < 1.29 is 8.42 Å². The van der Waals surface area contributed by atoms with Crippen molar-refractivity contribution in [2.24, 2.45) is 0 Å². The summed E-state index contributed by atoms with van der Waals surface area (Å²) in [6.45, 7) is 3.93. The van der Waals surface area contributed by atoms with Crippen molar-refractivity contribution in [1.29, 1.82) is 0 Å². The van der Waals surface area contributed by atoms with E-state index in [1.165, 1.54) is 15.6 Å². The zero-order chi connectivity index (χ0) is 13.9. The first-order chi connectivity index (χ1) is 9.08. The fraction of sp³-hybridized carbons (Fsp3) is 0.308. The van der Waals surface area contributed by atoms with Gasteiger partial charge in [0.05, 0.1) is 22.6 Å². The van der Waals surface area contributed by atoms with Crippen molar-refractivity contribution in [3.8, 4) is 11.3 Å². The van der Waals surface area contributed by atoms with Crippen LogP contribution in [-0.4, -0.2) is 25.7 Å². The van der Waals surface area contributed by atoms with Gasteiger partial charge in [0, 0.05) is 17.5 Å². The Bertz CT molecular complexity index is 619. The van der Waals surface area contributed by atoms with E-state index in [9.17, 15) is 8.42 Å². The highest BCUT2D eigenvalue weighted by atomic mass is 32.2. The molecule has 0 aliphatic rings. The predicted octanol–water partition coefficient (Wildman–Crippen LogP) is 2.99. The molecule has 0 spiro atoms. The molecular formula is C13H16N2O2S2. The third-order valence-corrected chi connectivity index (χ3v) is 5.33. The molecule has 2 aromatic rings. The van der Waals surface area contributed by atoms with Gasteiger partial charge in [-0.05, 0) is 26.0 Å². The molecule has 0 fully saturated rings. The monoisotopic (exact) mass is 296 g/mol. The molecule has 102 valence electrons. The minimum atomic E-state index is -3.21. The summed E-state index contributed by atoms with van der Waals surface area (Å²) in [5.41, 5.74) is 4.39. The Hall–Kier alpha value is -1.40. The van der Waals surface area contributed by atoms with Crippen LogP contribution in [0.4, 0.5) is 5.69 Å². The highest BCUT2D eigenvalue weighted by Gasteiger charge is 2.18. The minimum Gasteiger partial charge on any atom is -0.271 e. The maximum atomic E-state index is 12.0. The Labute approximate surface area is 117 Å². The van der Waals surface area contributed by atoms with E-state index in [4.69, 9.17) is 0 Å². The van der Waals surface area contributed by atoms with Gasteiger partial charge in [-0.3, -0.25) is 4.31 Å². The topological polar surface area (TPSA) is 50.3 Å². The van der Waals surface area contributed by atoms with Crippen molar-refractivity contribution in [3.63, 3.8) is 0 Å². The fourth-order valence-electron chi connectivity index (χ4n) is 1.85. The number of nitrogens with zero attached hydrogens (tertiary/aromatic N) is 2. The number of thiazole rings is 1. The molecule has 0 saturated heterocycles. The first kappa shape index (κ1) is 14.0. The summed E-state index contributed by atoms with van der Waals surface area (Å²) >= 11 is 1.54. The lowest BCUT2D eigenvalue weighted by atomic mass is 10.1. The smallest absolute Gasteiger partial charge is 0.234 e. The first-order valence-electron chi connectivity index (χ1n) is 6.07. The van der Waals surface area contributed by atoms with Crippen LogP contribution in [0.5, 0.6) is 0 Å². The maximum absolute atomic E-state index is 12.0. The van der Waals surface area contributed by atoms with Gasteiger partial charge in [-0.15, -0.1) is 11.3 Å². The number of hydrogen-bond donors (Lipinski definition) is 0. The SMILES string of the molecule is CCN(c1ccc(-c2cscn2)cc1)S(=O)(=O)CC. The summed E-state index contributed by atoms with van der Waals surface area (Å²) in [6, 6.07) is 7.45. The molecule has 0 bridgehead atoms. The molecule has 0 atom stereocenters. The Morgan fingerprint density at radius 1 is 1.21 bits per heavy atom. The van der Waals surface area contributed by atoms with Crippen molar-refractivity contribution in [2.75, 3.05) is 16.6 Å². The lowest BCUT2D eigenvalue weighted by Gasteiger charge is -2.22. The van der Waals surface area contributed by atoms with E-state index in [0.717, 1.165) is 11.3 Å². The molecule has 1 aromatic carbocycles. The second kappa shape index (κ2) is 5.71. The van der Waals surface area contributed by atoms with E-state index in [1.807, 2.05) is 36.6 Å². The lowest BCUT2D eigenvalue weighted by Crippen LogP contribution is -2.31. The van der Waals surface area contributed by atoms with Gasteiger partial charge in [0.2, 0.25) is 10.0 Å². The maximum Gasteiger partial charge on any atom is 0.234 e. The van der Waals surface area contributed by atoms with E-state index in [2.05, 4.69) is 4.98 Å². The van der Waals surface area contributed by atoms with E-state index in [1.54, 1.807) is 12.4 Å². The van der Waals surface area contributed by atoms with E-state index in [0.29, 0.717) is 12.2 Å². The van der Waals surface area contributed by atoms with Crippen LogP contribution in [0.15, 0.2) is 35.2 Å². The zero-order valence-electron chi connectivity index (χ0n) is 10.9. The number of sulfonamides is 1. The number of anilines is 1. The molecule has 0 aliphatic heterocycles. The van der Waals surface area contributed by atoms with Gasteiger partial charge < -0.3 is 0 Å². The number of benzene rings is 1. The Morgan fingerprint density at radius 3 is 2.37 bits per heavy atom. The second-order valence-corrected chi connectivity index (χ2v) is 6.89. The van der Waals surface area contributed by atoms with Gasteiger partial charge in [0.1, 0.15) is 0 Å². The van der Waals surface area contributed by atoms with Crippen molar-refractivity contribution in [1.82, 2.24) is 4.98 Å². The Kier molecular flexibility index (Phi) is 4.21. The summed E-state index contributed by atoms with van der Waals surface area (Å²) in [6.07, 6.45) is 0. The molecular weight excluding hydrogens is 280 g/mol. The van der Waals surface area contributed by atoms with Gasteiger partial charge in [-0.1, -0.05) is 12.1 Å². The van der Waals surface area contributed by atoms with E-state index < -0.39 is 10.0 Å². The van der Waals surface area contributed by atoms with Crippen LogP contribution >= 0.6 is 11.3 Å². The van der Waals surface area contributed by atoms with Gasteiger partial charge in [0.25, 0.3) is 0 Å². The van der Waals surface area contributed by atoms with Crippen LogP contribution in [0.2, 0.25) is 0 Å². The van der Waals surface area contributed by atoms with Crippen LogP contribution in [0, 0.1) is 0 Å².